The molecule has 27 heteroatoms. The summed E-state index contributed by atoms with van der Waals surface area (Å²) in [5.74, 6) is -0.932. The average Bonchev–Trinajstić information content (AvgIpc) is 3.08. The van der Waals surface area contributed by atoms with E-state index in [9.17, 15) is 33.6 Å². The van der Waals surface area contributed by atoms with Crippen molar-refractivity contribution < 1.29 is 37.7 Å². The first kappa shape index (κ1) is 53.8. The highest BCUT2D eigenvalue weighted by molar-refractivity contribution is 6.68. The Labute approximate surface area is 342 Å². The number of hydrogen-bond donors (Lipinski definition) is 17. The molecule has 58 heavy (non-hydrogen) atoms. The van der Waals surface area contributed by atoms with Crippen LogP contribution in [0.3, 0.4) is 0 Å². The van der Waals surface area contributed by atoms with Gasteiger partial charge in [0.2, 0.25) is 11.8 Å². The van der Waals surface area contributed by atoms with Crippen LogP contribution >= 0.6 is 0 Å². The normalized spacial score (nSPS) is 11.9. The fraction of sp³-hybridized carbons (Fsp3) is 0.742. The predicted molar refractivity (Wildman–Crippen MR) is 224 cm³/mol. The molecule has 2 amide bonds. The second-order valence-electron chi connectivity index (χ2n) is 14.0. The van der Waals surface area contributed by atoms with Crippen LogP contribution in [0.2, 0.25) is 6.04 Å². The van der Waals surface area contributed by atoms with Gasteiger partial charge in [0.1, 0.15) is 0 Å². The Morgan fingerprint density at radius 2 is 0.690 bits per heavy atom. The van der Waals surface area contributed by atoms with Gasteiger partial charge in [0.25, 0.3) is 0 Å². The van der Waals surface area contributed by atoms with Crippen LogP contribution in [0.15, 0.2) is 0 Å². The van der Waals surface area contributed by atoms with E-state index in [2.05, 4.69) is 4.12 Å². The minimum Gasteiger partial charge on any atom is -0.390 e. The van der Waals surface area contributed by atoms with Gasteiger partial charge < -0.3 is 87.0 Å². The molecule has 0 fully saturated rings. The zero-order valence-corrected chi connectivity index (χ0v) is 35.4. The third-order valence-corrected chi connectivity index (χ3v) is 12.1. The van der Waals surface area contributed by atoms with Crippen molar-refractivity contribution >= 4 is 64.7 Å². The van der Waals surface area contributed by atoms with Crippen molar-refractivity contribution in [3.63, 3.8) is 0 Å². The van der Waals surface area contributed by atoms with Gasteiger partial charge >= 0.3 is 17.9 Å². The molecule has 0 aromatic carbocycles. The van der Waals surface area contributed by atoms with E-state index in [1.807, 2.05) is 9.80 Å². The first-order valence-electron chi connectivity index (χ1n) is 18.9. The summed E-state index contributed by atoms with van der Waals surface area (Å²) in [6, 6.07) is -0.440. The highest BCUT2D eigenvalue weighted by Crippen LogP contribution is 2.13. The molecule has 0 rings (SSSR count). The van der Waals surface area contributed by atoms with Gasteiger partial charge in [0.05, 0.1) is 35.0 Å². The van der Waals surface area contributed by atoms with Crippen LogP contribution < -0.4 is 34.4 Å². The summed E-state index contributed by atoms with van der Waals surface area (Å²) in [6.07, 6.45) is 1.19. The molecule has 0 aromatic heterocycles. The Hall–Kier alpha value is -4.17. The number of nitrogens with zero attached hydrogens (tertiary/aromatic N) is 5. The van der Waals surface area contributed by atoms with Gasteiger partial charge in [-0.05, 0) is 13.0 Å². The summed E-state index contributed by atoms with van der Waals surface area (Å²) < 4.78 is 4.35. The molecule has 0 unspecified atom stereocenters. The molecule has 0 aromatic rings. The molecular weight excluding hydrogens is 795 g/mol. The molecule has 25 nitrogen and oxygen atoms in total. The molecule has 0 bridgehead atoms. The van der Waals surface area contributed by atoms with Crippen LogP contribution in [-0.4, -0.2) is 198 Å². The largest absolute Gasteiger partial charge is 0.663 e. The van der Waals surface area contributed by atoms with Crippen molar-refractivity contribution in [3.05, 3.63) is 0 Å². The number of rotatable bonds is 36. The van der Waals surface area contributed by atoms with Crippen molar-refractivity contribution in [3.8, 4) is 0 Å². The molecule has 0 saturated heterocycles. The van der Waals surface area contributed by atoms with Crippen molar-refractivity contribution in [2.24, 2.45) is 34.4 Å². The topological polar surface area (TPSA) is 460 Å². The Kier molecular flexibility index (Phi) is 26.3. The SMILES string of the molecule is N=C(N)CCN(CCC(=N)N)CCN(CCC(=N)N)C(=O)CCN(CCC[Si](O)(O)O[Si](O)(O)O)CCC(=O)N(CCC(=N)N)CCN(CCC(=N)N)CCC(=N)N. The van der Waals surface area contributed by atoms with Crippen LogP contribution in [0.1, 0.15) is 57.8 Å². The standard InChI is InChI=1S/C31H69N17O8Si2/c32-24(33)2-11-45(12-3-25(34)35)19-21-47(17-6-28(40)41)30(49)8-15-44(10-1-23-57(51,52)56-58(53,54)55)16-9-31(50)48(18-7-29(42)43)22-20-46(13-4-26(36)37)14-5-27(38)39/h51-55H,1-23H2,(H3,32,33)(H3,34,35)(H3,36,37)(H3,38,39)(H3,40,41)(H3,42,43). The van der Waals surface area contributed by atoms with E-state index in [1.165, 1.54) is 9.80 Å². The van der Waals surface area contributed by atoms with E-state index in [-0.39, 0.29) is 150 Å². The third-order valence-electron chi connectivity index (χ3n) is 8.73. The predicted octanol–water partition coefficient (Wildman–Crippen LogP) is -4.97. The van der Waals surface area contributed by atoms with Gasteiger partial charge in [0, 0.05) is 136 Å². The van der Waals surface area contributed by atoms with E-state index in [0.717, 1.165) is 0 Å². The lowest BCUT2D eigenvalue weighted by Crippen LogP contribution is -2.53. The monoisotopic (exact) mass is 864 g/mol. The molecule has 0 heterocycles. The summed E-state index contributed by atoms with van der Waals surface area (Å²) in [4.78, 5) is 84.0. The second kappa shape index (κ2) is 28.3. The minimum atomic E-state index is -5.24. The Balaban J connectivity index is 6.08. The van der Waals surface area contributed by atoms with Gasteiger partial charge in [-0.25, -0.2) is 0 Å². The molecule has 0 spiro atoms. The molecule has 0 saturated carbocycles. The summed E-state index contributed by atoms with van der Waals surface area (Å²) in [5, 5.41) is 45.8. The molecule has 23 N–H and O–H groups in total. The molecule has 334 valence electrons. The lowest BCUT2D eigenvalue weighted by atomic mass is 10.2. The Bertz CT molecular complexity index is 1240. The maximum atomic E-state index is 13.7. The first-order chi connectivity index (χ1) is 26.9. The maximum absolute atomic E-state index is 13.7. The van der Waals surface area contributed by atoms with Crippen molar-refractivity contribution in [2.75, 3.05) is 85.1 Å². The van der Waals surface area contributed by atoms with Crippen LogP contribution in [0.25, 0.3) is 0 Å². The lowest BCUT2D eigenvalue weighted by Gasteiger charge is -2.30. The maximum Gasteiger partial charge on any atom is 0.663 e. The van der Waals surface area contributed by atoms with Gasteiger partial charge in [-0.1, -0.05) is 0 Å². The molecule has 0 aliphatic heterocycles. The number of carbonyl (C=O) groups excluding carboxylic acids is 2. The van der Waals surface area contributed by atoms with E-state index in [0.29, 0.717) is 39.3 Å². The van der Waals surface area contributed by atoms with Gasteiger partial charge in [-0.3, -0.25) is 42.0 Å². The molecule has 0 atom stereocenters. The number of nitrogens with one attached hydrogen (secondary N) is 6. The minimum absolute atomic E-state index is 0.0106. The smallest absolute Gasteiger partial charge is 0.390 e. The Morgan fingerprint density at radius 1 is 0.414 bits per heavy atom. The lowest BCUT2D eigenvalue weighted by molar-refractivity contribution is -0.131. The molecule has 0 aliphatic rings. The number of carbonyl (C=O) groups is 2. The number of hydrogen-bond acceptors (Lipinski definition) is 17. The second-order valence-corrected chi connectivity index (χ2v) is 17.9. The van der Waals surface area contributed by atoms with Gasteiger partial charge in [-0.15, -0.1) is 0 Å². The zero-order chi connectivity index (χ0) is 44.5. The summed E-state index contributed by atoms with van der Waals surface area (Å²) >= 11 is 0. The van der Waals surface area contributed by atoms with Crippen LogP contribution in [0, 0.1) is 32.5 Å². The van der Waals surface area contributed by atoms with Crippen LogP contribution in [-0.2, 0) is 13.7 Å². The van der Waals surface area contributed by atoms with E-state index in [1.54, 1.807) is 4.90 Å². The summed E-state index contributed by atoms with van der Waals surface area (Å²) in [7, 11) is -9.93. The highest BCUT2D eigenvalue weighted by atomic mass is 28.5. The number of amidine groups is 6. The summed E-state index contributed by atoms with van der Waals surface area (Å²) in [5.41, 5.74) is 33.4. The number of nitrogens with two attached hydrogens (primary N) is 6. The van der Waals surface area contributed by atoms with Gasteiger partial charge in [0.15, 0.2) is 0 Å². The van der Waals surface area contributed by atoms with E-state index >= 15 is 0 Å². The zero-order valence-electron chi connectivity index (χ0n) is 33.4. The van der Waals surface area contributed by atoms with Crippen LogP contribution in [0.5, 0.6) is 0 Å². The third kappa shape index (κ3) is 30.0. The quantitative estimate of drug-likeness (QED) is 0.0159. The molecular formula is C31H69N17O8Si2. The fourth-order valence-electron chi connectivity index (χ4n) is 5.51. The van der Waals surface area contributed by atoms with Crippen molar-refractivity contribution in [1.29, 1.82) is 32.5 Å². The number of amides is 2. The van der Waals surface area contributed by atoms with E-state index in [4.69, 9.17) is 66.9 Å². The van der Waals surface area contributed by atoms with Crippen molar-refractivity contribution in [1.82, 2.24) is 24.5 Å². The molecule has 0 radical (unpaired) electrons. The molecule has 0 aliphatic carbocycles. The van der Waals surface area contributed by atoms with Crippen LogP contribution in [0.4, 0.5) is 0 Å². The first-order valence-corrected chi connectivity index (χ1v) is 22.7. The van der Waals surface area contributed by atoms with Crippen molar-refractivity contribution in [2.45, 2.75) is 63.8 Å². The van der Waals surface area contributed by atoms with E-state index < -0.39 is 23.9 Å². The fourth-order valence-corrected chi connectivity index (χ4v) is 8.29. The average molecular weight is 864 g/mol. The van der Waals surface area contributed by atoms with Gasteiger partial charge in [-0.2, -0.15) is 0 Å². The highest BCUT2D eigenvalue weighted by Gasteiger charge is 2.45. The summed E-state index contributed by atoms with van der Waals surface area (Å²) in [6.45, 7) is 3.30. The Morgan fingerprint density at radius 3 is 0.983 bits per heavy atom.